The van der Waals surface area contributed by atoms with Crippen LogP contribution >= 0.6 is 0 Å². The van der Waals surface area contributed by atoms with Gasteiger partial charge in [0.15, 0.2) is 0 Å². The number of rotatable bonds is 2. The Kier molecular flexibility index (Phi) is 2.59. The lowest BCUT2D eigenvalue weighted by Gasteiger charge is -2.05. The average Bonchev–Trinajstić information content (AvgIpc) is 2.59. The van der Waals surface area contributed by atoms with Crippen molar-refractivity contribution in [3.05, 3.63) is 0 Å². The molecule has 2 amide bonds. The summed E-state index contributed by atoms with van der Waals surface area (Å²) in [6, 6.07) is 0.169. The van der Waals surface area contributed by atoms with Gasteiger partial charge in [0.25, 0.3) is 0 Å². The molecule has 13 heavy (non-hydrogen) atoms. The van der Waals surface area contributed by atoms with Gasteiger partial charge in [-0.1, -0.05) is 13.8 Å². The molecule has 0 aromatic heterocycles. The molecule has 1 saturated carbocycles. The molecule has 1 aliphatic rings. The molecule has 0 saturated heterocycles. The third kappa shape index (κ3) is 2.44. The van der Waals surface area contributed by atoms with Gasteiger partial charge in [-0.05, 0) is 18.8 Å². The fraction of sp³-hybridized carbons (Fsp3) is 0.778. The van der Waals surface area contributed by atoms with E-state index in [4.69, 9.17) is 0 Å². The quantitative estimate of drug-likeness (QED) is 0.595. The van der Waals surface area contributed by atoms with Crippen molar-refractivity contribution in [1.29, 1.82) is 0 Å². The summed E-state index contributed by atoms with van der Waals surface area (Å²) in [6.07, 6.45) is 0.956. The summed E-state index contributed by atoms with van der Waals surface area (Å²) in [5.74, 6) is -1.05. The number of likely N-dealkylation sites (N-methyl/N-ethyl adjacent to an activating group) is 1. The van der Waals surface area contributed by atoms with Gasteiger partial charge in [0.2, 0.25) is 0 Å². The first-order valence-electron chi connectivity index (χ1n) is 4.56. The number of amides is 2. The Morgan fingerprint density at radius 1 is 1.38 bits per heavy atom. The van der Waals surface area contributed by atoms with Crippen LogP contribution in [0.3, 0.4) is 0 Å². The molecule has 0 aromatic carbocycles. The minimum atomic E-state index is -0.537. The molecule has 1 unspecified atom stereocenters. The minimum Gasteiger partial charge on any atom is -0.348 e. The van der Waals surface area contributed by atoms with E-state index in [1.165, 1.54) is 0 Å². The summed E-state index contributed by atoms with van der Waals surface area (Å²) in [7, 11) is 0. The van der Waals surface area contributed by atoms with Crippen LogP contribution in [-0.2, 0) is 9.59 Å². The predicted octanol–water partition coefficient (Wildman–Crippen LogP) is 0.0372. The van der Waals surface area contributed by atoms with Crippen molar-refractivity contribution >= 4 is 11.8 Å². The van der Waals surface area contributed by atoms with Crippen LogP contribution in [0.2, 0.25) is 0 Å². The minimum absolute atomic E-state index is 0.169. The SMILES string of the molecule is CCNC(=O)C(=O)NC1CC1(C)C. The Bertz CT molecular complexity index is 236. The van der Waals surface area contributed by atoms with E-state index in [9.17, 15) is 9.59 Å². The average molecular weight is 184 g/mol. The number of carbonyl (C=O) groups is 2. The third-order valence-electron chi connectivity index (χ3n) is 2.36. The molecule has 1 atom stereocenters. The molecule has 1 rings (SSSR count). The van der Waals surface area contributed by atoms with Crippen molar-refractivity contribution < 1.29 is 9.59 Å². The molecular formula is C9H16N2O2. The van der Waals surface area contributed by atoms with Crippen molar-refractivity contribution in [1.82, 2.24) is 10.6 Å². The second kappa shape index (κ2) is 3.36. The molecule has 1 aliphatic carbocycles. The van der Waals surface area contributed by atoms with Crippen LogP contribution in [0, 0.1) is 5.41 Å². The second-order valence-electron chi connectivity index (χ2n) is 4.08. The van der Waals surface area contributed by atoms with Crippen LogP contribution in [0.4, 0.5) is 0 Å². The lowest BCUT2D eigenvalue weighted by Crippen LogP contribution is -2.41. The fourth-order valence-electron chi connectivity index (χ4n) is 1.18. The summed E-state index contributed by atoms with van der Waals surface area (Å²) < 4.78 is 0. The van der Waals surface area contributed by atoms with Crippen LogP contribution in [0.5, 0.6) is 0 Å². The first kappa shape index (κ1) is 10.0. The van der Waals surface area contributed by atoms with Crippen LogP contribution in [0.1, 0.15) is 27.2 Å². The first-order valence-corrected chi connectivity index (χ1v) is 4.56. The summed E-state index contributed by atoms with van der Waals surface area (Å²) in [6.45, 7) is 6.40. The third-order valence-corrected chi connectivity index (χ3v) is 2.36. The fourth-order valence-corrected chi connectivity index (χ4v) is 1.18. The molecule has 0 spiro atoms. The Labute approximate surface area is 78.1 Å². The number of hydrogen-bond donors (Lipinski definition) is 2. The zero-order valence-electron chi connectivity index (χ0n) is 8.31. The largest absolute Gasteiger partial charge is 0.348 e. The van der Waals surface area contributed by atoms with E-state index in [2.05, 4.69) is 24.5 Å². The highest BCUT2D eigenvalue weighted by molar-refractivity contribution is 6.35. The zero-order chi connectivity index (χ0) is 10.1. The highest BCUT2D eigenvalue weighted by Crippen LogP contribution is 2.44. The lowest BCUT2D eigenvalue weighted by atomic mass is 10.2. The van der Waals surface area contributed by atoms with E-state index in [0.29, 0.717) is 6.54 Å². The predicted molar refractivity (Wildman–Crippen MR) is 49.0 cm³/mol. The number of nitrogens with one attached hydrogen (secondary N) is 2. The van der Waals surface area contributed by atoms with Gasteiger partial charge in [-0.2, -0.15) is 0 Å². The van der Waals surface area contributed by atoms with Gasteiger partial charge < -0.3 is 10.6 Å². The molecule has 4 heteroatoms. The van der Waals surface area contributed by atoms with E-state index in [1.54, 1.807) is 6.92 Å². The van der Waals surface area contributed by atoms with Crippen LogP contribution < -0.4 is 10.6 Å². The molecule has 2 N–H and O–H groups in total. The van der Waals surface area contributed by atoms with Gasteiger partial charge in [0, 0.05) is 12.6 Å². The molecule has 0 aliphatic heterocycles. The van der Waals surface area contributed by atoms with Crippen molar-refractivity contribution in [2.75, 3.05) is 6.54 Å². The maximum Gasteiger partial charge on any atom is 0.309 e. The Morgan fingerprint density at radius 3 is 2.31 bits per heavy atom. The molecule has 0 bridgehead atoms. The molecule has 74 valence electrons. The molecule has 0 aromatic rings. The smallest absolute Gasteiger partial charge is 0.309 e. The van der Waals surface area contributed by atoms with Crippen LogP contribution in [0.25, 0.3) is 0 Å². The van der Waals surface area contributed by atoms with Crippen molar-refractivity contribution in [3.8, 4) is 0 Å². The van der Waals surface area contributed by atoms with Crippen LogP contribution in [0.15, 0.2) is 0 Å². The Hall–Kier alpha value is -1.06. The molecule has 4 nitrogen and oxygen atoms in total. The van der Waals surface area contributed by atoms with E-state index in [0.717, 1.165) is 6.42 Å². The Balaban J connectivity index is 2.30. The molecule has 1 fully saturated rings. The maximum absolute atomic E-state index is 11.1. The molecule has 0 heterocycles. The van der Waals surface area contributed by atoms with Gasteiger partial charge in [-0.25, -0.2) is 0 Å². The number of hydrogen-bond acceptors (Lipinski definition) is 2. The van der Waals surface area contributed by atoms with Gasteiger partial charge >= 0.3 is 11.8 Å². The summed E-state index contributed by atoms with van der Waals surface area (Å²) in [5, 5.41) is 5.13. The highest BCUT2D eigenvalue weighted by atomic mass is 16.2. The van der Waals surface area contributed by atoms with E-state index < -0.39 is 11.8 Å². The maximum atomic E-state index is 11.1. The van der Waals surface area contributed by atoms with E-state index in [1.807, 2.05) is 0 Å². The Morgan fingerprint density at radius 2 is 1.92 bits per heavy atom. The zero-order valence-corrected chi connectivity index (χ0v) is 8.31. The monoisotopic (exact) mass is 184 g/mol. The van der Waals surface area contributed by atoms with Crippen molar-refractivity contribution in [2.24, 2.45) is 5.41 Å². The molecular weight excluding hydrogens is 168 g/mol. The van der Waals surface area contributed by atoms with Gasteiger partial charge in [-0.3, -0.25) is 9.59 Å². The topological polar surface area (TPSA) is 58.2 Å². The first-order chi connectivity index (χ1) is 5.97. The van der Waals surface area contributed by atoms with Crippen molar-refractivity contribution in [2.45, 2.75) is 33.2 Å². The van der Waals surface area contributed by atoms with Gasteiger partial charge in [0.05, 0.1) is 0 Å². The summed E-state index contributed by atoms with van der Waals surface area (Å²) >= 11 is 0. The van der Waals surface area contributed by atoms with Gasteiger partial charge in [-0.15, -0.1) is 0 Å². The van der Waals surface area contributed by atoms with Gasteiger partial charge in [0.1, 0.15) is 0 Å². The number of carbonyl (C=O) groups excluding carboxylic acids is 2. The summed E-state index contributed by atoms with van der Waals surface area (Å²) in [5.41, 5.74) is 0.169. The van der Waals surface area contributed by atoms with E-state index in [-0.39, 0.29) is 11.5 Å². The normalized spacial score (nSPS) is 23.5. The molecule has 0 radical (unpaired) electrons. The van der Waals surface area contributed by atoms with Crippen LogP contribution in [-0.4, -0.2) is 24.4 Å². The lowest BCUT2D eigenvalue weighted by molar-refractivity contribution is -0.139. The van der Waals surface area contributed by atoms with E-state index >= 15 is 0 Å². The summed E-state index contributed by atoms with van der Waals surface area (Å²) in [4.78, 5) is 22.1. The second-order valence-corrected chi connectivity index (χ2v) is 4.08. The standard InChI is InChI=1S/C9H16N2O2/c1-4-10-7(12)8(13)11-6-5-9(6,2)3/h6H,4-5H2,1-3H3,(H,10,12)(H,11,13). The van der Waals surface area contributed by atoms with Crippen molar-refractivity contribution in [3.63, 3.8) is 0 Å². The highest BCUT2D eigenvalue weighted by Gasteiger charge is 2.47.